The molecule has 12 heavy (non-hydrogen) atoms. The first kappa shape index (κ1) is 11.2. The Bertz CT molecular complexity index is 153. The molecule has 6 heteroatoms. The Labute approximate surface area is 67.4 Å². The number of halogens is 3. The molecule has 0 radical (unpaired) electrons. The third-order valence-corrected chi connectivity index (χ3v) is 1.22. The van der Waals surface area contributed by atoms with E-state index in [2.05, 4.69) is 0 Å². The van der Waals surface area contributed by atoms with Gasteiger partial charge < -0.3 is 15.6 Å². The Kier molecular flexibility index (Phi) is 4.02. The first-order chi connectivity index (χ1) is 5.38. The summed E-state index contributed by atoms with van der Waals surface area (Å²) in [4.78, 5) is 8.78. The summed E-state index contributed by atoms with van der Waals surface area (Å²) in [5.41, 5.74) is 6.72. The number of alkyl halides is 3. The van der Waals surface area contributed by atoms with Crippen LogP contribution in [0.5, 0.6) is 0 Å². The fraction of sp³-hybridized carbons (Fsp3) is 0.833. The van der Waals surface area contributed by atoms with Crippen molar-refractivity contribution in [1.82, 2.24) is 0 Å². The molecule has 0 atom stereocenters. The van der Waals surface area contributed by atoms with E-state index in [-0.39, 0.29) is 0 Å². The van der Waals surface area contributed by atoms with E-state index >= 15 is 0 Å². The van der Waals surface area contributed by atoms with Crippen molar-refractivity contribution in [1.29, 1.82) is 0 Å². The summed E-state index contributed by atoms with van der Waals surface area (Å²) in [5, 5.41) is 8.78. The van der Waals surface area contributed by atoms with Crippen molar-refractivity contribution < 1.29 is 23.1 Å². The molecule has 72 valence electrons. The standard InChI is InChI=1S/C4H8N.C2HF3O2/c5-3-4-1-2-4;3-2(4,5)1(6)7/h4-5H,1-3H2;(H,6,7)/q-1;/p-1. The second-order valence-electron chi connectivity index (χ2n) is 2.43. The van der Waals surface area contributed by atoms with Crippen molar-refractivity contribution in [3.8, 4) is 0 Å². The first-order valence-corrected chi connectivity index (χ1v) is 3.30. The van der Waals surface area contributed by atoms with Crippen LogP contribution in [0.15, 0.2) is 0 Å². The van der Waals surface area contributed by atoms with E-state index in [1.54, 1.807) is 0 Å². The Morgan fingerprint density at radius 3 is 1.83 bits per heavy atom. The Morgan fingerprint density at radius 2 is 1.83 bits per heavy atom. The van der Waals surface area contributed by atoms with Crippen LogP contribution in [0.3, 0.4) is 0 Å². The molecule has 0 spiro atoms. The van der Waals surface area contributed by atoms with Gasteiger partial charge in [0.25, 0.3) is 0 Å². The van der Waals surface area contributed by atoms with Crippen molar-refractivity contribution >= 4 is 5.97 Å². The predicted octanol–water partition coefficient (Wildman–Crippen LogP) is 0.747. The number of hydrogen-bond acceptors (Lipinski definition) is 2. The van der Waals surface area contributed by atoms with Crippen LogP contribution < -0.4 is 5.11 Å². The van der Waals surface area contributed by atoms with E-state index < -0.39 is 12.1 Å². The lowest BCUT2D eigenvalue weighted by molar-refractivity contribution is -0.344. The summed E-state index contributed by atoms with van der Waals surface area (Å²) in [6.07, 6.45) is -2.55. The minimum atomic E-state index is -5.19. The zero-order chi connectivity index (χ0) is 9.78. The molecule has 0 amide bonds. The monoisotopic (exact) mass is 183 g/mol. The van der Waals surface area contributed by atoms with Crippen LogP contribution in [0.1, 0.15) is 12.8 Å². The van der Waals surface area contributed by atoms with Gasteiger partial charge >= 0.3 is 6.18 Å². The average molecular weight is 183 g/mol. The maximum atomic E-state index is 10.5. The van der Waals surface area contributed by atoms with Crippen molar-refractivity contribution in [2.45, 2.75) is 19.0 Å². The van der Waals surface area contributed by atoms with E-state index in [0.29, 0.717) is 6.54 Å². The zero-order valence-corrected chi connectivity index (χ0v) is 6.15. The smallest absolute Gasteiger partial charge is 0.430 e. The Hall–Kier alpha value is -0.780. The quantitative estimate of drug-likeness (QED) is 0.602. The topological polar surface area (TPSA) is 63.9 Å². The van der Waals surface area contributed by atoms with Crippen LogP contribution >= 0.6 is 0 Å². The molecule has 0 aliphatic heterocycles. The van der Waals surface area contributed by atoms with Gasteiger partial charge in [0.2, 0.25) is 0 Å². The fourth-order valence-corrected chi connectivity index (χ4v) is 0.322. The van der Waals surface area contributed by atoms with Gasteiger partial charge in [0, 0.05) is 0 Å². The van der Waals surface area contributed by atoms with Crippen LogP contribution in [0.25, 0.3) is 5.73 Å². The lowest BCUT2D eigenvalue weighted by Crippen LogP contribution is -2.37. The van der Waals surface area contributed by atoms with Gasteiger partial charge in [-0.1, -0.05) is 18.8 Å². The van der Waals surface area contributed by atoms with Gasteiger partial charge in [0.1, 0.15) is 5.97 Å². The highest BCUT2D eigenvalue weighted by Crippen LogP contribution is 2.28. The summed E-state index contributed by atoms with van der Waals surface area (Å²) in [7, 11) is 0. The maximum absolute atomic E-state index is 10.5. The number of carboxylic acids is 1. The molecule has 0 aromatic carbocycles. The Balaban J connectivity index is 0.000000211. The average Bonchev–Trinajstić information content (AvgIpc) is 2.67. The highest BCUT2D eigenvalue weighted by molar-refractivity contribution is 5.70. The number of nitrogens with one attached hydrogen (secondary N) is 1. The van der Waals surface area contributed by atoms with Crippen LogP contribution in [0, 0.1) is 5.92 Å². The number of hydrogen-bond donors (Lipinski definition) is 0. The van der Waals surface area contributed by atoms with Gasteiger partial charge in [-0.25, -0.2) is 0 Å². The molecule has 0 saturated heterocycles. The van der Waals surface area contributed by atoms with E-state index in [1.807, 2.05) is 0 Å². The summed E-state index contributed by atoms with van der Waals surface area (Å²) in [6, 6.07) is 0. The lowest BCUT2D eigenvalue weighted by Gasteiger charge is -2.03. The molecule has 0 unspecified atom stereocenters. The van der Waals surface area contributed by atoms with E-state index in [9.17, 15) is 13.2 Å². The highest BCUT2D eigenvalue weighted by atomic mass is 19.4. The van der Waals surface area contributed by atoms with Gasteiger partial charge in [-0.2, -0.15) is 13.2 Å². The van der Waals surface area contributed by atoms with Gasteiger partial charge in [-0.15, -0.1) is 6.54 Å². The summed E-state index contributed by atoms with van der Waals surface area (Å²) in [5.74, 6) is -2.21. The van der Waals surface area contributed by atoms with E-state index in [1.165, 1.54) is 12.8 Å². The summed E-state index contributed by atoms with van der Waals surface area (Å²) >= 11 is 0. The second-order valence-corrected chi connectivity index (χ2v) is 2.43. The molecular formula is C6H8F3NO2-2. The molecule has 1 rings (SSSR count). The second kappa shape index (κ2) is 4.30. The van der Waals surface area contributed by atoms with Crippen LogP contribution in [-0.2, 0) is 4.79 Å². The number of rotatable bonds is 1. The molecule has 1 aliphatic rings. The van der Waals surface area contributed by atoms with Gasteiger partial charge in [-0.3, -0.25) is 0 Å². The SMILES string of the molecule is O=C([O-])C(F)(F)F.[NH-]CC1CC1. The number of carbonyl (C=O) groups is 1. The zero-order valence-electron chi connectivity index (χ0n) is 6.15. The van der Waals surface area contributed by atoms with Crippen molar-refractivity contribution in [3.63, 3.8) is 0 Å². The molecule has 1 N–H and O–H groups in total. The van der Waals surface area contributed by atoms with Crippen LogP contribution in [0.4, 0.5) is 13.2 Å². The summed E-state index contributed by atoms with van der Waals surface area (Å²) < 4.78 is 31.5. The van der Waals surface area contributed by atoms with E-state index in [0.717, 1.165) is 5.92 Å². The third kappa shape index (κ3) is 5.96. The van der Waals surface area contributed by atoms with Crippen LogP contribution in [-0.4, -0.2) is 18.7 Å². The minimum Gasteiger partial charge on any atom is -0.677 e. The van der Waals surface area contributed by atoms with Crippen LogP contribution in [0.2, 0.25) is 0 Å². The van der Waals surface area contributed by atoms with Gasteiger partial charge in [0.05, 0.1) is 0 Å². The van der Waals surface area contributed by atoms with Crippen molar-refractivity contribution in [2.75, 3.05) is 6.54 Å². The van der Waals surface area contributed by atoms with E-state index in [4.69, 9.17) is 15.6 Å². The fourth-order valence-electron chi connectivity index (χ4n) is 0.322. The lowest BCUT2D eigenvalue weighted by atomic mass is 10.5. The summed E-state index contributed by atoms with van der Waals surface area (Å²) in [6.45, 7) is 0.667. The molecule has 3 nitrogen and oxygen atoms in total. The normalized spacial score (nSPS) is 16.3. The Morgan fingerprint density at radius 1 is 1.50 bits per heavy atom. The number of carbonyl (C=O) groups excluding carboxylic acids is 1. The third-order valence-electron chi connectivity index (χ3n) is 1.22. The maximum Gasteiger partial charge on any atom is 0.430 e. The molecule has 0 heterocycles. The molecular weight excluding hydrogens is 175 g/mol. The molecule has 1 saturated carbocycles. The molecule has 1 fully saturated rings. The van der Waals surface area contributed by atoms with Gasteiger partial charge in [-0.05, 0) is 0 Å². The largest absolute Gasteiger partial charge is 0.677 e. The minimum absolute atomic E-state index is 0.667. The highest BCUT2D eigenvalue weighted by Gasteiger charge is 2.28. The molecule has 0 aromatic heterocycles. The number of aliphatic carboxylic acids is 1. The predicted molar refractivity (Wildman–Crippen MR) is 33.0 cm³/mol. The first-order valence-electron chi connectivity index (χ1n) is 3.30. The molecule has 1 aliphatic carbocycles. The molecule has 0 aromatic rings. The van der Waals surface area contributed by atoms with Crippen molar-refractivity contribution in [2.24, 2.45) is 5.92 Å². The van der Waals surface area contributed by atoms with Gasteiger partial charge in [0.15, 0.2) is 0 Å². The number of carboxylic acid groups (broad SMARTS) is 1. The van der Waals surface area contributed by atoms with Crippen molar-refractivity contribution in [3.05, 3.63) is 5.73 Å². The molecule has 0 bridgehead atoms.